The molecule has 51 heavy (non-hydrogen) atoms. The number of nitrogens with one attached hydrogen (secondary N) is 1. The summed E-state index contributed by atoms with van der Waals surface area (Å²) < 4.78 is 37.3. The van der Waals surface area contributed by atoms with Crippen LogP contribution in [0.1, 0.15) is 94.9 Å². The lowest BCUT2D eigenvalue weighted by Gasteiger charge is -2.49. The van der Waals surface area contributed by atoms with E-state index in [0.29, 0.717) is 13.0 Å². The maximum absolute atomic E-state index is 14.1. The quantitative estimate of drug-likeness (QED) is 0.176. The van der Waals surface area contributed by atoms with Gasteiger partial charge in [-0.15, -0.1) is 0 Å². The predicted molar refractivity (Wildman–Crippen MR) is 189 cm³/mol. The third kappa shape index (κ3) is 9.81. The zero-order valence-electron chi connectivity index (χ0n) is 32.9. The second kappa shape index (κ2) is 17.6. The van der Waals surface area contributed by atoms with Crippen LogP contribution >= 0.6 is 0 Å². The van der Waals surface area contributed by atoms with Gasteiger partial charge in [-0.3, -0.25) is 4.79 Å². The van der Waals surface area contributed by atoms with Crippen LogP contribution in [0, 0.1) is 29.6 Å². The fourth-order valence-corrected chi connectivity index (χ4v) is 8.71. The molecule has 0 amide bonds. The molecule has 3 fully saturated rings. The van der Waals surface area contributed by atoms with E-state index >= 15 is 0 Å². The van der Waals surface area contributed by atoms with Crippen molar-refractivity contribution < 1.29 is 58.7 Å². The Morgan fingerprint density at radius 3 is 2.14 bits per heavy atom. The molecule has 0 spiro atoms. The van der Waals surface area contributed by atoms with Gasteiger partial charge in [0, 0.05) is 43.9 Å². The van der Waals surface area contributed by atoms with Crippen LogP contribution in [0.5, 0.6) is 0 Å². The van der Waals surface area contributed by atoms with Crippen molar-refractivity contribution in [3.63, 3.8) is 0 Å². The first-order chi connectivity index (χ1) is 23.6. The van der Waals surface area contributed by atoms with Gasteiger partial charge in [0.2, 0.25) is 0 Å². The second-order valence-electron chi connectivity index (χ2n) is 16.6. The molecule has 3 aliphatic rings. The number of methoxy groups -OCH3 is 1. The number of carbonyl (C=O) groups is 1. The van der Waals surface area contributed by atoms with Crippen molar-refractivity contribution in [3.8, 4) is 0 Å². The SMILES string of the molecule is CC[C@H]1OC(=O)[C@H](C)[C@@H](O[C@H]2C[C@@](C)(OC)[C@@H](O)[C@H](C)O2)[C@H](C)[C@@H](O[C@@H]2O[C@H](C)C[C@H](CNC)[C@H]2O)[C@](C)(O)C[C@@H](C)[C@H](N)[C@H](C)[C@@H](O)[C@]1(C)O. The number of rotatable bonds is 8. The number of aliphatic hydroxyl groups is 5. The van der Waals surface area contributed by atoms with Crippen molar-refractivity contribution in [3.05, 3.63) is 0 Å². The number of carbonyl (C=O) groups excluding carboxylic acids is 1. The van der Waals surface area contributed by atoms with Crippen LogP contribution in [0.4, 0.5) is 0 Å². The van der Waals surface area contributed by atoms with Gasteiger partial charge >= 0.3 is 5.97 Å². The zero-order chi connectivity index (χ0) is 38.8. The average Bonchev–Trinajstić information content (AvgIpc) is 3.06. The van der Waals surface area contributed by atoms with Gasteiger partial charge in [-0.1, -0.05) is 27.7 Å². The van der Waals surface area contributed by atoms with E-state index in [1.165, 1.54) is 14.0 Å². The smallest absolute Gasteiger partial charge is 0.311 e. The molecule has 0 aromatic heterocycles. The van der Waals surface area contributed by atoms with Crippen LogP contribution in [0.25, 0.3) is 0 Å². The fraction of sp³-hybridized carbons (Fsp3) is 0.973. The summed E-state index contributed by atoms with van der Waals surface area (Å²) in [7, 11) is 3.31. The summed E-state index contributed by atoms with van der Waals surface area (Å²) in [6.07, 6.45) is -8.54. The Morgan fingerprint density at radius 1 is 0.941 bits per heavy atom. The van der Waals surface area contributed by atoms with E-state index in [-0.39, 0.29) is 31.3 Å². The number of nitrogens with two attached hydrogens (primary N) is 1. The van der Waals surface area contributed by atoms with E-state index < -0.39 is 108 Å². The lowest BCUT2D eigenvalue weighted by atomic mass is 9.72. The maximum atomic E-state index is 14.1. The first-order valence-corrected chi connectivity index (χ1v) is 18.8. The van der Waals surface area contributed by atoms with Crippen molar-refractivity contribution in [2.45, 2.75) is 179 Å². The van der Waals surface area contributed by atoms with Crippen molar-refractivity contribution >= 4 is 5.97 Å². The Hall–Kier alpha value is -1.01. The highest BCUT2D eigenvalue weighted by atomic mass is 16.7. The van der Waals surface area contributed by atoms with Gasteiger partial charge < -0.3 is 65.0 Å². The molecule has 0 radical (unpaired) electrons. The largest absolute Gasteiger partial charge is 0.459 e. The van der Waals surface area contributed by atoms with Gasteiger partial charge in [-0.25, -0.2) is 0 Å². The Labute approximate surface area is 305 Å². The summed E-state index contributed by atoms with van der Waals surface area (Å²) in [6.45, 7) is 17.7. The fourth-order valence-electron chi connectivity index (χ4n) is 8.71. The first-order valence-electron chi connectivity index (χ1n) is 18.8. The molecule has 0 aliphatic carbocycles. The summed E-state index contributed by atoms with van der Waals surface area (Å²) in [5.41, 5.74) is 2.21. The molecule has 3 rings (SSSR count). The minimum atomic E-state index is -1.85. The van der Waals surface area contributed by atoms with Crippen molar-refractivity contribution in [2.75, 3.05) is 20.7 Å². The number of esters is 1. The van der Waals surface area contributed by atoms with Gasteiger partial charge in [-0.05, 0) is 73.8 Å². The molecule has 3 heterocycles. The van der Waals surface area contributed by atoms with E-state index in [2.05, 4.69) is 5.32 Å². The van der Waals surface area contributed by atoms with Crippen LogP contribution in [-0.2, 0) is 33.2 Å². The molecule has 3 saturated heterocycles. The third-order valence-corrected chi connectivity index (χ3v) is 12.1. The van der Waals surface area contributed by atoms with Gasteiger partial charge in [0.1, 0.15) is 23.9 Å². The highest BCUT2D eigenvalue weighted by Gasteiger charge is 2.53. The van der Waals surface area contributed by atoms with E-state index in [4.69, 9.17) is 34.2 Å². The Morgan fingerprint density at radius 2 is 1.57 bits per heavy atom. The Bertz CT molecular complexity index is 1110. The lowest BCUT2D eigenvalue weighted by Crippen LogP contribution is -2.61. The summed E-state index contributed by atoms with van der Waals surface area (Å²) in [4.78, 5) is 14.1. The molecule has 14 heteroatoms. The van der Waals surface area contributed by atoms with Gasteiger partial charge in [0.25, 0.3) is 0 Å². The lowest BCUT2D eigenvalue weighted by molar-refractivity contribution is -0.318. The normalized spacial score (nSPS) is 51.1. The van der Waals surface area contributed by atoms with Gasteiger partial charge in [0.05, 0.1) is 47.6 Å². The maximum Gasteiger partial charge on any atom is 0.311 e. The molecule has 0 aromatic carbocycles. The molecule has 19 atom stereocenters. The molecule has 0 saturated carbocycles. The molecule has 8 N–H and O–H groups in total. The van der Waals surface area contributed by atoms with Crippen molar-refractivity contribution in [2.24, 2.45) is 35.3 Å². The van der Waals surface area contributed by atoms with Crippen LogP contribution in [0.15, 0.2) is 0 Å². The van der Waals surface area contributed by atoms with Gasteiger partial charge in [-0.2, -0.15) is 0 Å². The van der Waals surface area contributed by atoms with Crippen LogP contribution in [0.2, 0.25) is 0 Å². The molecular weight excluding hydrogens is 664 g/mol. The second-order valence-corrected chi connectivity index (χ2v) is 16.6. The van der Waals surface area contributed by atoms with Crippen molar-refractivity contribution in [1.29, 1.82) is 0 Å². The molecule has 300 valence electrons. The molecular formula is C37H70N2O12. The standard InChI is InChI=1S/C37H70N2O12/c1-13-25-37(10,45)30(41)20(4)27(38)18(2)15-35(8,44)32(51-34-28(40)24(17-39-11)14-19(3)47-34)21(5)29(22(6)33(43)49-25)50-26-16-36(9,46-12)31(42)23(7)48-26/h18-32,34,39-42,44-45H,13-17,38H2,1-12H3/t18-,19-,20+,21+,22-,23+,24-,25-,26+,27+,28-,29+,30-,31+,32-,34+,35-,36-,37-/m1/s1. The van der Waals surface area contributed by atoms with E-state index in [1.54, 1.807) is 48.5 Å². The average molecular weight is 735 g/mol. The monoisotopic (exact) mass is 734 g/mol. The summed E-state index contributed by atoms with van der Waals surface area (Å²) >= 11 is 0. The highest BCUT2D eigenvalue weighted by molar-refractivity contribution is 5.73. The Kier molecular flexibility index (Phi) is 15.3. The predicted octanol–water partition coefficient (Wildman–Crippen LogP) is 1.45. The molecule has 3 aliphatic heterocycles. The molecule has 0 aromatic rings. The summed E-state index contributed by atoms with van der Waals surface area (Å²) in [5.74, 6) is -3.74. The van der Waals surface area contributed by atoms with Crippen molar-refractivity contribution in [1.82, 2.24) is 5.32 Å². The number of hydrogen-bond acceptors (Lipinski definition) is 14. The van der Waals surface area contributed by atoms with Crippen LogP contribution in [0.3, 0.4) is 0 Å². The molecule has 14 nitrogen and oxygen atoms in total. The third-order valence-electron chi connectivity index (χ3n) is 12.1. The summed E-state index contributed by atoms with van der Waals surface area (Å²) in [5, 5.41) is 61.1. The summed E-state index contributed by atoms with van der Waals surface area (Å²) in [6, 6.07) is -0.692. The number of aliphatic hydroxyl groups excluding tert-OH is 3. The zero-order valence-corrected chi connectivity index (χ0v) is 32.9. The number of cyclic esters (lactones) is 1. The van der Waals surface area contributed by atoms with Crippen LogP contribution < -0.4 is 11.1 Å². The van der Waals surface area contributed by atoms with E-state index in [0.717, 1.165) is 0 Å². The van der Waals surface area contributed by atoms with E-state index in [1.807, 2.05) is 20.9 Å². The highest BCUT2D eigenvalue weighted by Crippen LogP contribution is 2.41. The van der Waals surface area contributed by atoms with Crippen LogP contribution in [-0.4, -0.2) is 136 Å². The first kappa shape index (κ1) is 44.4. The van der Waals surface area contributed by atoms with E-state index in [9.17, 15) is 30.3 Å². The Balaban J connectivity index is 2.17. The number of hydrogen-bond donors (Lipinski definition) is 7. The molecule has 0 bridgehead atoms. The van der Waals surface area contributed by atoms with Gasteiger partial charge in [0.15, 0.2) is 12.6 Å². The minimum absolute atomic E-state index is 0.0916. The molecule has 0 unspecified atom stereocenters. The minimum Gasteiger partial charge on any atom is -0.459 e. The number of ether oxygens (including phenoxy) is 6. The topological polar surface area (TPSA) is 212 Å².